The van der Waals surface area contributed by atoms with Crippen LogP contribution in [-0.2, 0) is 4.79 Å². The molecule has 0 saturated carbocycles. The van der Waals surface area contributed by atoms with Gasteiger partial charge in [0.2, 0.25) is 11.8 Å². The number of aryl methyl sites for hydroxylation is 1. The predicted octanol–water partition coefficient (Wildman–Crippen LogP) is 4.01. The molecule has 0 fully saturated rings. The highest BCUT2D eigenvalue weighted by molar-refractivity contribution is 7.99. The van der Waals surface area contributed by atoms with E-state index in [2.05, 4.69) is 15.5 Å². The van der Waals surface area contributed by atoms with E-state index in [-0.39, 0.29) is 17.7 Å². The van der Waals surface area contributed by atoms with Crippen LogP contribution >= 0.6 is 11.8 Å². The summed E-state index contributed by atoms with van der Waals surface area (Å²) in [6.45, 7) is 3.95. The van der Waals surface area contributed by atoms with E-state index >= 15 is 0 Å². The molecule has 3 rings (SSSR count). The monoisotopic (exact) mass is 353 g/mol. The van der Waals surface area contributed by atoms with E-state index in [0.29, 0.717) is 11.1 Å². The van der Waals surface area contributed by atoms with Crippen molar-refractivity contribution in [3.05, 3.63) is 65.7 Å². The summed E-state index contributed by atoms with van der Waals surface area (Å²) in [5.41, 5.74) is 3.04. The van der Waals surface area contributed by atoms with Crippen LogP contribution in [0.3, 0.4) is 0 Å². The molecule has 1 N–H and O–H groups in total. The SMILES string of the molecule is Cc1ccccc1-c1nnc(SCC(=O)N[C@@H](C)c2ccccc2)o1. The Morgan fingerprint density at radius 2 is 1.84 bits per heavy atom. The van der Waals surface area contributed by atoms with Crippen molar-refractivity contribution in [3.8, 4) is 11.5 Å². The maximum atomic E-state index is 12.1. The van der Waals surface area contributed by atoms with Gasteiger partial charge in [0.25, 0.3) is 5.22 Å². The number of carbonyl (C=O) groups is 1. The van der Waals surface area contributed by atoms with Crippen LogP contribution in [0, 0.1) is 6.92 Å². The van der Waals surface area contributed by atoms with Crippen molar-refractivity contribution < 1.29 is 9.21 Å². The largest absolute Gasteiger partial charge is 0.411 e. The van der Waals surface area contributed by atoms with Crippen LogP contribution in [-0.4, -0.2) is 21.9 Å². The zero-order valence-electron chi connectivity index (χ0n) is 14.1. The van der Waals surface area contributed by atoms with Crippen LogP contribution in [0.5, 0.6) is 0 Å². The van der Waals surface area contributed by atoms with Gasteiger partial charge >= 0.3 is 0 Å². The molecule has 2 aromatic carbocycles. The van der Waals surface area contributed by atoms with Crippen molar-refractivity contribution in [2.75, 3.05) is 5.75 Å². The van der Waals surface area contributed by atoms with Gasteiger partial charge in [-0.05, 0) is 31.0 Å². The Bertz CT molecular complexity index is 849. The van der Waals surface area contributed by atoms with Crippen LogP contribution in [0.2, 0.25) is 0 Å². The van der Waals surface area contributed by atoms with E-state index in [1.165, 1.54) is 11.8 Å². The third kappa shape index (κ3) is 4.48. The van der Waals surface area contributed by atoms with Gasteiger partial charge < -0.3 is 9.73 Å². The molecule has 1 amide bonds. The first-order valence-corrected chi connectivity index (χ1v) is 8.98. The second-order valence-corrected chi connectivity index (χ2v) is 6.60. The maximum Gasteiger partial charge on any atom is 0.277 e. The Morgan fingerprint density at radius 3 is 2.60 bits per heavy atom. The molecule has 5 nitrogen and oxygen atoms in total. The lowest BCUT2D eigenvalue weighted by Crippen LogP contribution is -2.28. The topological polar surface area (TPSA) is 68.0 Å². The van der Waals surface area contributed by atoms with Crippen molar-refractivity contribution >= 4 is 17.7 Å². The number of thioether (sulfide) groups is 1. The van der Waals surface area contributed by atoms with Crippen LogP contribution in [0.4, 0.5) is 0 Å². The lowest BCUT2D eigenvalue weighted by molar-refractivity contribution is -0.119. The number of hydrogen-bond donors (Lipinski definition) is 1. The van der Waals surface area contributed by atoms with Gasteiger partial charge in [-0.2, -0.15) is 0 Å². The van der Waals surface area contributed by atoms with E-state index in [9.17, 15) is 4.79 Å². The summed E-state index contributed by atoms with van der Waals surface area (Å²) in [4.78, 5) is 12.1. The van der Waals surface area contributed by atoms with Crippen LogP contribution < -0.4 is 5.32 Å². The molecule has 0 unspecified atom stereocenters. The van der Waals surface area contributed by atoms with Crippen LogP contribution in [0.15, 0.2) is 64.2 Å². The molecular formula is C19H19N3O2S. The smallest absolute Gasteiger partial charge is 0.277 e. The highest BCUT2D eigenvalue weighted by atomic mass is 32.2. The number of nitrogens with one attached hydrogen (secondary N) is 1. The zero-order chi connectivity index (χ0) is 17.6. The normalized spacial score (nSPS) is 11.9. The minimum absolute atomic E-state index is 0.0421. The number of amides is 1. The van der Waals surface area contributed by atoms with Gasteiger partial charge in [0, 0.05) is 5.56 Å². The Hall–Kier alpha value is -2.60. The highest BCUT2D eigenvalue weighted by Gasteiger charge is 2.14. The molecule has 0 spiro atoms. The standard InChI is InChI=1S/C19H19N3O2S/c1-13-8-6-7-11-16(13)18-21-22-19(24-18)25-12-17(23)20-14(2)15-9-4-3-5-10-15/h3-11,14H,12H2,1-2H3,(H,20,23)/t14-/m0/s1. The molecule has 0 aliphatic heterocycles. The van der Waals surface area contributed by atoms with Crippen LogP contribution in [0.1, 0.15) is 24.1 Å². The van der Waals surface area contributed by atoms with Gasteiger partial charge in [-0.3, -0.25) is 4.79 Å². The molecule has 128 valence electrons. The minimum atomic E-state index is -0.0722. The molecule has 3 aromatic rings. The van der Waals surface area contributed by atoms with Crippen molar-refractivity contribution in [1.82, 2.24) is 15.5 Å². The zero-order valence-corrected chi connectivity index (χ0v) is 14.9. The molecule has 0 bridgehead atoms. The molecule has 1 heterocycles. The van der Waals surface area contributed by atoms with Crippen molar-refractivity contribution in [2.45, 2.75) is 25.1 Å². The average Bonchev–Trinajstić information content (AvgIpc) is 3.10. The van der Waals surface area contributed by atoms with E-state index in [4.69, 9.17) is 4.42 Å². The number of aromatic nitrogens is 2. The molecule has 0 aliphatic rings. The van der Waals surface area contributed by atoms with Crippen molar-refractivity contribution in [3.63, 3.8) is 0 Å². The lowest BCUT2D eigenvalue weighted by atomic mass is 10.1. The fraction of sp³-hybridized carbons (Fsp3) is 0.211. The molecule has 0 radical (unpaired) electrons. The number of benzene rings is 2. The molecule has 6 heteroatoms. The van der Waals surface area contributed by atoms with Gasteiger partial charge in [-0.15, -0.1) is 10.2 Å². The Morgan fingerprint density at radius 1 is 1.12 bits per heavy atom. The van der Waals surface area contributed by atoms with Gasteiger partial charge in [-0.1, -0.05) is 60.3 Å². The van der Waals surface area contributed by atoms with Gasteiger partial charge in [-0.25, -0.2) is 0 Å². The Kier molecular flexibility index (Phi) is 5.50. The first-order chi connectivity index (χ1) is 12.1. The lowest BCUT2D eigenvalue weighted by Gasteiger charge is -2.13. The van der Waals surface area contributed by atoms with Crippen molar-refractivity contribution in [2.24, 2.45) is 0 Å². The van der Waals surface area contributed by atoms with Crippen molar-refractivity contribution in [1.29, 1.82) is 0 Å². The summed E-state index contributed by atoms with van der Waals surface area (Å²) < 4.78 is 5.65. The summed E-state index contributed by atoms with van der Waals surface area (Å²) in [7, 11) is 0. The first-order valence-electron chi connectivity index (χ1n) is 8.00. The third-order valence-electron chi connectivity index (χ3n) is 3.79. The van der Waals surface area contributed by atoms with Gasteiger partial charge in [0.15, 0.2) is 0 Å². The number of rotatable bonds is 6. The van der Waals surface area contributed by atoms with E-state index in [1.807, 2.05) is 68.4 Å². The predicted molar refractivity (Wildman–Crippen MR) is 98.2 cm³/mol. The first kappa shape index (κ1) is 17.2. The Balaban J connectivity index is 1.55. The molecular weight excluding hydrogens is 334 g/mol. The highest BCUT2D eigenvalue weighted by Crippen LogP contribution is 2.25. The average molecular weight is 353 g/mol. The number of nitrogens with zero attached hydrogens (tertiary/aromatic N) is 2. The third-order valence-corrected chi connectivity index (χ3v) is 4.60. The Labute approximate surface area is 150 Å². The molecule has 1 atom stereocenters. The fourth-order valence-electron chi connectivity index (χ4n) is 2.43. The van der Waals surface area contributed by atoms with E-state index in [0.717, 1.165) is 16.7 Å². The summed E-state index contributed by atoms with van der Waals surface area (Å²) in [6.07, 6.45) is 0. The van der Waals surface area contributed by atoms with E-state index in [1.54, 1.807) is 0 Å². The molecule has 0 aliphatic carbocycles. The molecule has 0 saturated heterocycles. The molecule has 1 aromatic heterocycles. The van der Waals surface area contributed by atoms with Crippen LogP contribution in [0.25, 0.3) is 11.5 Å². The van der Waals surface area contributed by atoms with Gasteiger partial charge in [0.1, 0.15) is 0 Å². The van der Waals surface area contributed by atoms with E-state index < -0.39 is 0 Å². The summed E-state index contributed by atoms with van der Waals surface area (Å²) >= 11 is 1.23. The minimum Gasteiger partial charge on any atom is -0.411 e. The number of carbonyl (C=O) groups excluding carboxylic acids is 1. The number of hydrogen-bond acceptors (Lipinski definition) is 5. The summed E-state index contributed by atoms with van der Waals surface area (Å²) in [5, 5.41) is 11.4. The summed E-state index contributed by atoms with van der Waals surface area (Å²) in [5.74, 6) is 0.628. The van der Waals surface area contributed by atoms with Gasteiger partial charge in [0.05, 0.1) is 11.8 Å². The second kappa shape index (κ2) is 7.98. The molecule has 25 heavy (non-hydrogen) atoms. The second-order valence-electron chi connectivity index (χ2n) is 5.68. The summed E-state index contributed by atoms with van der Waals surface area (Å²) in [6, 6.07) is 17.6. The maximum absolute atomic E-state index is 12.1. The quantitative estimate of drug-likeness (QED) is 0.678. The fourth-order valence-corrected chi connectivity index (χ4v) is 3.00.